The molecule has 0 aliphatic heterocycles. The Morgan fingerprint density at radius 1 is 1.40 bits per heavy atom. The van der Waals surface area contributed by atoms with Gasteiger partial charge in [-0.25, -0.2) is 4.98 Å². The van der Waals surface area contributed by atoms with Gasteiger partial charge in [0.1, 0.15) is 5.82 Å². The highest BCUT2D eigenvalue weighted by atomic mass is 19.1. The number of rotatable bonds is 4. The van der Waals surface area contributed by atoms with Crippen LogP contribution in [0.2, 0.25) is 0 Å². The normalized spacial score (nSPS) is 25.4. The fourth-order valence-corrected chi connectivity index (χ4v) is 2.74. The molecular weight excluding hydrogens is 263 g/mol. The second-order valence-electron chi connectivity index (χ2n) is 5.13. The van der Waals surface area contributed by atoms with Gasteiger partial charge in [0.2, 0.25) is 11.9 Å². The van der Waals surface area contributed by atoms with E-state index in [-0.39, 0.29) is 11.7 Å². The third-order valence-electron chi connectivity index (χ3n) is 3.86. The Bertz CT molecular complexity index is 521. The second kappa shape index (κ2) is 5.98. The van der Waals surface area contributed by atoms with E-state index >= 15 is 0 Å². The van der Waals surface area contributed by atoms with E-state index in [2.05, 4.69) is 10.3 Å². The van der Waals surface area contributed by atoms with E-state index in [0.29, 0.717) is 12.8 Å². The average Bonchev–Trinajstić information content (AvgIpc) is 2.83. The maximum atomic E-state index is 13.0. The van der Waals surface area contributed by atoms with E-state index in [1.807, 2.05) is 6.92 Å². The molecule has 0 saturated heterocycles. The van der Waals surface area contributed by atoms with Crippen molar-refractivity contribution in [3.05, 3.63) is 24.1 Å². The van der Waals surface area contributed by atoms with E-state index in [1.165, 1.54) is 18.2 Å². The molecule has 2 N–H and O–H groups in total. The summed E-state index contributed by atoms with van der Waals surface area (Å²) in [4.78, 5) is 26.9. The molecule has 0 bridgehead atoms. The monoisotopic (exact) mass is 280 g/mol. The van der Waals surface area contributed by atoms with Crippen molar-refractivity contribution in [2.24, 2.45) is 17.8 Å². The van der Waals surface area contributed by atoms with Gasteiger partial charge in [-0.05, 0) is 30.9 Å². The van der Waals surface area contributed by atoms with Crippen LogP contribution in [-0.4, -0.2) is 22.0 Å². The van der Waals surface area contributed by atoms with Crippen LogP contribution in [0.15, 0.2) is 18.2 Å². The molecule has 1 aromatic heterocycles. The molecule has 0 aromatic carbocycles. The van der Waals surface area contributed by atoms with E-state index < -0.39 is 29.7 Å². The first-order chi connectivity index (χ1) is 9.51. The molecule has 108 valence electrons. The average molecular weight is 280 g/mol. The summed E-state index contributed by atoms with van der Waals surface area (Å²) in [6.45, 7) is 1.98. The molecule has 2 rings (SSSR count). The van der Waals surface area contributed by atoms with Crippen molar-refractivity contribution in [2.45, 2.75) is 26.2 Å². The van der Waals surface area contributed by atoms with Crippen molar-refractivity contribution >= 4 is 17.7 Å². The Hall–Kier alpha value is -1.98. The van der Waals surface area contributed by atoms with Crippen molar-refractivity contribution in [3.63, 3.8) is 0 Å². The predicted molar refractivity (Wildman–Crippen MR) is 70.5 cm³/mol. The first kappa shape index (κ1) is 14.4. The van der Waals surface area contributed by atoms with E-state index in [1.54, 1.807) is 0 Å². The molecule has 1 aromatic rings. The molecule has 1 amide bonds. The zero-order valence-corrected chi connectivity index (χ0v) is 11.2. The second-order valence-corrected chi connectivity index (χ2v) is 5.13. The number of aliphatic carboxylic acids is 1. The smallest absolute Gasteiger partial charge is 0.307 e. The molecule has 5 nitrogen and oxygen atoms in total. The highest BCUT2D eigenvalue weighted by molar-refractivity contribution is 5.94. The largest absolute Gasteiger partial charge is 0.481 e. The molecule has 3 unspecified atom stereocenters. The van der Waals surface area contributed by atoms with Crippen LogP contribution in [-0.2, 0) is 9.59 Å². The molecule has 1 saturated carbocycles. The van der Waals surface area contributed by atoms with Gasteiger partial charge in [0.15, 0.2) is 0 Å². The Kier molecular flexibility index (Phi) is 4.32. The van der Waals surface area contributed by atoms with Gasteiger partial charge in [0, 0.05) is 0 Å². The van der Waals surface area contributed by atoms with Crippen LogP contribution in [0.25, 0.3) is 0 Å². The minimum atomic E-state index is -0.951. The number of pyridine rings is 1. The maximum Gasteiger partial charge on any atom is 0.307 e. The molecule has 3 atom stereocenters. The number of nitrogens with one attached hydrogen (secondary N) is 1. The number of aromatic nitrogens is 1. The van der Waals surface area contributed by atoms with Crippen LogP contribution in [0.1, 0.15) is 26.2 Å². The Balaban J connectivity index is 2.09. The Labute approximate surface area is 116 Å². The molecule has 20 heavy (non-hydrogen) atoms. The number of hydrogen-bond acceptors (Lipinski definition) is 3. The lowest BCUT2D eigenvalue weighted by atomic mass is 9.95. The molecule has 0 radical (unpaired) electrons. The number of carbonyl (C=O) groups excluding carboxylic acids is 1. The predicted octanol–water partition coefficient (Wildman–Crippen LogP) is 2.30. The van der Waals surface area contributed by atoms with Crippen LogP contribution < -0.4 is 5.32 Å². The SMILES string of the molecule is CCC1CC(C(=O)O)C(C(=O)Nc2cccc(F)n2)C1. The number of nitrogens with zero attached hydrogens (tertiary/aromatic N) is 1. The number of carboxylic acid groups (broad SMARTS) is 1. The van der Waals surface area contributed by atoms with Crippen LogP contribution in [0.3, 0.4) is 0 Å². The molecule has 1 fully saturated rings. The van der Waals surface area contributed by atoms with Crippen molar-refractivity contribution < 1.29 is 19.1 Å². The fourth-order valence-electron chi connectivity index (χ4n) is 2.74. The lowest BCUT2D eigenvalue weighted by molar-refractivity contribution is -0.145. The number of amides is 1. The summed E-state index contributed by atoms with van der Waals surface area (Å²) in [5.74, 6) is -2.93. The topological polar surface area (TPSA) is 79.3 Å². The van der Waals surface area contributed by atoms with Gasteiger partial charge in [0.05, 0.1) is 11.8 Å². The first-order valence-corrected chi connectivity index (χ1v) is 6.67. The van der Waals surface area contributed by atoms with Crippen molar-refractivity contribution in [1.29, 1.82) is 0 Å². The lowest BCUT2D eigenvalue weighted by Crippen LogP contribution is -2.30. The Morgan fingerprint density at radius 2 is 2.10 bits per heavy atom. The zero-order valence-electron chi connectivity index (χ0n) is 11.2. The number of halogens is 1. The maximum absolute atomic E-state index is 13.0. The standard InChI is InChI=1S/C14H17FN2O3/c1-2-8-6-9(10(7-8)14(19)20)13(18)17-12-5-3-4-11(15)16-12/h3-5,8-10H,2,6-7H2,1H3,(H,19,20)(H,16,17,18). The summed E-state index contributed by atoms with van der Waals surface area (Å²) in [5.41, 5.74) is 0. The van der Waals surface area contributed by atoms with Gasteiger partial charge in [-0.3, -0.25) is 9.59 Å². The summed E-state index contributed by atoms with van der Waals surface area (Å²) in [6, 6.07) is 4.09. The van der Waals surface area contributed by atoms with Crippen molar-refractivity contribution in [2.75, 3.05) is 5.32 Å². The van der Waals surface area contributed by atoms with Crippen molar-refractivity contribution in [3.8, 4) is 0 Å². The van der Waals surface area contributed by atoms with E-state index in [4.69, 9.17) is 0 Å². The number of carbonyl (C=O) groups is 2. The summed E-state index contributed by atoms with van der Waals surface area (Å²) in [6.07, 6.45) is 1.92. The summed E-state index contributed by atoms with van der Waals surface area (Å²) < 4.78 is 13.0. The number of carboxylic acids is 1. The zero-order chi connectivity index (χ0) is 14.7. The molecule has 1 aliphatic rings. The highest BCUT2D eigenvalue weighted by Crippen LogP contribution is 2.38. The van der Waals surface area contributed by atoms with Gasteiger partial charge >= 0.3 is 5.97 Å². The van der Waals surface area contributed by atoms with Gasteiger partial charge in [0.25, 0.3) is 0 Å². The highest BCUT2D eigenvalue weighted by Gasteiger charge is 2.42. The minimum absolute atomic E-state index is 0.110. The summed E-state index contributed by atoms with van der Waals surface area (Å²) in [7, 11) is 0. The summed E-state index contributed by atoms with van der Waals surface area (Å²) in [5, 5.41) is 11.7. The molecule has 1 heterocycles. The van der Waals surface area contributed by atoms with Crippen LogP contribution in [0.4, 0.5) is 10.2 Å². The quantitative estimate of drug-likeness (QED) is 0.829. The molecule has 1 aliphatic carbocycles. The van der Waals surface area contributed by atoms with Crippen molar-refractivity contribution in [1.82, 2.24) is 4.98 Å². The Morgan fingerprint density at radius 3 is 2.70 bits per heavy atom. The van der Waals surface area contributed by atoms with E-state index in [0.717, 1.165) is 6.42 Å². The van der Waals surface area contributed by atoms with Gasteiger partial charge in [-0.2, -0.15) is 4.39 Å². The molecule has 6 heteroatoms. The number of hydrogen-bond donors (Lipinski definition) is 2. The fraction of sp³-hybridized carbons (Fsp3) is 0.500. The van der Waals surface area contributed by atoms with Gasteiger partial charge in [-0.15, -0.1) is 0 Å². The van der Waals surface area contributed by atoms with Crippen LogP contribution in [0, 0.1) is 23.7 Å². The third kappa shape index (κ3) is 3.12. The minimum Gasteiger partial charge on any atom is -0.481 e. The van der Waals surface area contributed by atoms with Gasteiger partial charge < -0.3 is 10.4 Å². The lowest BCUT2D eigenvalue weighted by Gasteiger charge is -2.15. The molecule has 0 spiro atoms. The van der Waals surface area contributed by atoms with E-state index in [9.17, 15) is 19.1 Å². The summed E-state index contributed by atoms with van der Waals surface area (Å²) >= 11 is 0. The molecular formula is C14H17FN2O3. The van der Waals surface area contributed by atoms with Gasteiger partial charge in [-0.1, -0.05) is 19.4 Å². The number of anilines is 1. The third-order valence-corrected chi connectivity index (χ3v) is 3.86. The van der Waals surface area contributed by atoms with Crippen LogP contribution >= 0.6 is 0 Å². The van der Waals surface area contributed by atoms with Crippen LogP contribution in [0.5, 0.6) is 0 Å². The first-order valence-electron chi connectivity index (χ1n) is 6.67.